The van der Waals surface area contributed by atoms with Crippen LogP contribution < -0.4 is 5.32 Å². The molecule has 4 rings (SSSR count). The summed E-state index contributed by atoms with van der Waals surface area (Å²) in [5.41, 5.74) is -0.229. The van der Waals surface area contributed by atoms with Gasteiger partial charge in [-0.15, -0.1) is 0 Å². The number of carbonyl (C=O) groups excluding carboxylic acids is 1. The maximum atomic E-state index is 14.0. The van der Waals surface area contributed by atoms with E-state index in [1.165, 1.54) is 36.7 Å². The zero-order valence-corrected chi connectivity index (χ0v) is 18.4. The molecule has 0 radical (unpaired) electrons. The number of halogens is 4. The summed E-state index contributed by atoms with van der Waals surface area (Å²) in [5.74, 6) is -0.104. The molecular formula is C24H23F4N5O. The summed E-state index contributed by atoms with van der Waals surface area (Å²) >= 11 is 0. The Labute approximate surface area is 194 Å². The largest absolute Gasteiger partial charge is 0.417 e. The van der Waals surface area contributed by atoms with Crippen molar-refractivity contribution in [2.75, 3.05) is 18.4 Å². The van der Waals surface area contributed by atoms with Gasteiger partial charge in [-0.1, -0.05) is 6.92 Å². The fourth-order valence-corrected chi connectivity index (χ4v) is 4.17. The summed E-state index contributed by atoms with van der Waals surface area (Å²) in [7, 11) is 0. The monoisotopic (exact) mass is 473 g/mol. The van der Waals surface area contributed by atoms with Gasteiger partial charge < -0.3 is 10.2 Å². The molecule has 1 aliphatic rings. The Morgan fingerprint density at radius 3 is 2.59 bits per heavy atom. The van der Waals surface area contributed by atoms with Gasteiger partial charge in [0.1, 0.15) is 11.6 Å². The first kappa shape index (κ1) is 23.6. The van der Waals surface area contributed by atoms with Crippen molar-refractivity contribution in [3.63, 3.8) is 0 Å². The number of amides is 1. The first-order chi connectivity index (χ1) is 16.2. The second-order valence-corrected chi connectivity index (χ2v) is 8.26. The van der Waals surface area contributed by atoms with Crippen molar-refractivity contribution in [3.05, 3.63) is 71.9 Å². The number of aromatic nitrogens is 3. The molecule has 1 fully saturated rings. The van der Waals surface area contributed by atoms with Gasteiger partial charge in [-0.3, -0.25) is 4.79 Å². The Morgan fingerprint density at radius 1 is 1.15 bits per heavy atom. The summed E-state index contributed by atoms with van der Waals surface area (Å²) in [5, 5.41) is 3.06. The van der Waals surface area contributed by atoms with Crippen molar-refractivity contribution in [2.24, 2.45) is 5.92 Å². The number of pyridine rings is 1. The zero-order valence-electron chi connectivity index (χ0n) is 18.4. The van der Waals surface area contributed by atoms with Gasteiger partial charge in [0.15, 0.2) is 5.82 Å². The molecule has 2 atom stereocenters. The highest BCUT2D eigenvalue weighted by Crippen LogP contribution is 2.30. The first-order valence-corrected chi connectivity index (χ1v) is 10.9. The molecule has 0 saturated carbocycles. The molecule has 2 aromatic heterocycles. The van der Waals surface area contributed by atoms with Gasteiger partial charge in [0.25, 0.3) is 5.91 Å². The Hall–Kier alpha value is -3.56. The van der Waals surface area contributed by atoms with E-state index < -0.39 is 17.6 Å². The predicted molar refractivity (Wildman–Crippen MR) is 118 cm³/mol. The van der Waals surface area contributed by atoms with Crippen molar-refractivity contribution in [2.45, 2.75) is 32.0 Å². The number of piperidine rings is 1. The van der Waals surface area contributed by atoms with Crippen LogP contribution in [0.3, 0.4) is 0 Å². The van der Waals surface area contributed by atoms with Gasteiger partial charge in [0.05, 0.1) is 17.2 Å². The molecular weight excluding hydrogens is 450 g/mol. The maximum absolute atomic E-state index is 14.0. The van der Waals surface area contributed by atoms with Crippen LogP contribution in [-0.4, -0.2) is 44.9 Å². The predicted octanol–water partition coefficient (Wildman–Crippen LogP) is 5.05. The number of benzene rings is 1. The summed E-state index contributed by atoms with van der Waals surface area (Å²) in [4.78, 5) is 27.5. The SMILES string of the molecule is CC1CCCN(C(=O)c2ccc(F)cc2-c2ncccn2)C1CNc1ccc(C(F)(F)F)cn1. The highest BCUT2D eigenvalue weighted by atomic mass is 19.4. The van der Waals surface area contributed by atoms with Gasteiger partial charge in [-0.05, 0) is 55.2 Å². The Morgan fingerprint density at radius 2 is 1.91 bits per heavy atom. The molecule has 1 saturated heterocycles. The van der Waals surface area contributed by atoms with Gasteiger partial charge in [-0.2, -0.15) is 13.2 Å². The lowest BCUT2D eigenvalue weighted by molar-refractivity contribution is -0.137. The lowest BCUT2D eigenvalue weighted by Gasteiger charge is -2.40. The zero-order chi connectivity index (χ0) is 24.3. The second kappa shape index (κ2) is 9.74. The first-order valence-electron chi connectivity index (χ1n) is 10.9. The highest BCUT2D eigenvalue weighted by Gasteiger charge is 2.34. The fraction of sp³-hybridized carbons (Fsp3) is 0.333. The van der Waals surface area contributed by atoms with Crippen LogP contribution in [0.25, 0.3) is 11.4 Å². The van der Waals surface area contributed by atoms with E-state index in [4.69, 9.17) is 0 Å². The molecule has 10 heteroatoms. The molecule has 1 aromatic carbocycles. The minimum absolute atomic E-state index is 0.136. The highest BCUT2D eigenvalue weighted by molar-refractivity contribution is 6.00. The average Bonchev–Trinajstić information content (AvgIpc) is 2.83. The third-order valence-electron chi connectivity index (χ3n) is 5.98. The van der Waals surface area contributed by atoms with E-state index in [-0.39, 0.29) is 23.7 Å². The Bertz CT molecular complexity index is 1140. The van der Waals surface area contributed by atoms with Gasteiger partial charge in [0, 0.05) is 37.2 Å². The van der Waals surface area contributed by atoms with Gasteiger partial charge >= 0.3 is 6.18 Å². The smallest absolute Gasteiger partial charge is 0.368 e. The molecule has 1 aliphatic heterocycles. The van der Waals surface area contributed by atoms with Crippen molar-refractivity contribution >= 4 is 11.7 Å². The molecule has 34 heavy (non-hydrogen) atoms. The lowest BCUT2D eigenvalue weighted by atomic mass is 9.89. The van der Waals surface area contributed by atoms with Crippen LogP contribution >= 0.6 is 0 Å². The quantitative estimate of drug-likeness (QED) is 0.525. The van der Waals surface area contributed by atoms with Crippen LogP contribution in [0.15, 0.2) is 55.0 Å². The number of rotatable bonds is 5. The van der Waals surface area contributed by atoms with Crippen molar-refractivity contribution < 1.29 is 22.4 Å². The number of hydrogen-bond acceptors (Lipinski definition) is 5. The standard InChI is InChI=1S/C24H23F4N5O/c1-15-4-2-11-33(20(15)14-32-21-8-5-16(13-31-21)24(26,27)28)23(34)18-7-6-17(25)12-19(18)22-29-9-3-10-30-22/h3,5-10,12-13,15,20H,2,4,11,14H2,1H3,(H,31,32). The van der Waals surface area contributed by atoms with E-state index in [0.29, 0.717) is 30.0 Å². The van der Waals surface area contributed by atoms with Crippen LogP contribution in [0.1, 0.15) is 35.7 Å². The topological polar surface area (TPSA) is 71.0 Å². The molecule has 2 unspecified atom stereocenters. The number of carbonyl (C=O) groups is 1. The van der Waals surface area contributed by atoms with Crippen LogP contribution in [0.2, 0.25) is 0 Å². The van der Waals surface area contributed by atoms with Crippen molar-refractivity contribution in [1.82, 2.24) is 19.9 Å². The van der Waals surface area contributed by atoms with Crippen LogP contribution in [0, 0.1) is 11.7 Å². The Balaban J connectivity index is 1.56. The van der Waals surface area contributed by atoms with Crippen molar-refractivity contribution in [3.8, 4) is 11.4 Å². The number of hydrogen-bond donors (Lipinski definition) is 1. The molecule has 178 valence electrons. The number of nitrogens with zero attached hydrogens (tertiary/aromatic N) is 4. The lowest BCUT2D eigenvalue weighted by Crippen LogP contribution is -2.51. The molecule has 1 N–H and O–H groups in total. The molecule has 0 bridgehead atoms. The van der Waals surface area contributed by atoms with Crippen LogP contribution in [0.5, 0.6) is 0 Å². The fourth-order valence-electron chi connectivity index (χ4n) is 4.17. The molecule has 6 nitrogen and oxygen atoms in total. The number of alkyl halides is 3. The molecule has 0 spiro atoms. The minimum Gasteiger partial charge on any atom is -0.368 e. The normalized spacial score (nSPS) is 18.6. The van der Waals surface area contributed by atoms with E-state index >= 15 is 0 Å². The van der Waals surface area contributed by atoms with E-state index in [2.05, 4.69) is 20.3 Å². The minimum atomic E-state index is -4.46. The molecule has 1 amide bonds. The maximum Gasteiger partial charge on any atom is 0.417 e. The van der Waals surface area contributed by atoms with Crippen LogP contribution in [0.4, 0.5) is 23.4 Å². The number of likely N-dealkylation sites (tertiary alicyclic amines) is 1. The third-order valence-corrected chi connectivity index (χ3v) is 5.98. The third kappa shape index (κ3) is 5.16. The summed E-state index contributed by atoms with van der Waals surface area (Å²) in [6.07, 6.45) is 1.07. The van der Waals surface area contributed by atoms with E-state index in [0.717, 1.165) is 25.1 Å². The second-order valence-electron chi connectivity index (χ2n) is 8.26. The van der Waals surface area contributed by atoms with E-state index in [9.17, 15) is 22.4 Å². The average molecular weight is 473 g/mol. The molecule has 3 aromatic rings. The van der Waals surface area contributed by atoms with E-state index in [1.54, 1.807) is 11.0 Å². The van der Waals surface area contributed by atoms with Crippen molar-refractivity contribution in [1.29, 1.82) is 0 Å². The number of nitrogens with one attached hydrogen (secondary N) is 1. The summed E-state index contributed by atoms with van der Waals surface area (Å²) in [6.45, 7) is 2.84. The molecule has 0 aliphatic carbocycles. The van der Waals surface area contributed by atoms with Gasteiger partial charge in [-0.25, -0.2) is 19.3 Å². The Kier molecular flexibility index (Phi) is 6.76. The molecule has 3 heterocycles. The number of anilines is 1. The van der Waals surface area contributed by atoms with Gasteiger partial charge in [0.2, 0.25) is 0 Å². The van der Waals surface area contributed by atoms with E-state index in [1.807, 2.05) is 6.92 Å². The summed E-state index contributed by atoms with van der Waals surface area (Å²) in [6, 6.07) is 7.54. The summed E-state index contributed by atoms with van der Waals surface area (Å²) < 4.78 is 52.4. The van der Waals surface area contributed by atoms with Crippen LogP contribution in [-0.2, 0) is 6.18 Å².